The highest BCUT2D eigenvalue weighted by Gasteiger charge is 2.30. The maximum Gasteiger partial charge on any atom is 0.328 e. The molecule has 2 N–H and O–H groups in total. The molecule has 9 heteroatoms. The molecule has 0 bridgehead atoms. The van der Waals surface area contributed by atoms with E-state index in [9.17, 15) is 23.6 Å². The van der Waals surface area contributed by atoms with E-state index in [1.807, 2.05) is 0 Å². The van der Waals surface area contributed by atoms with E-state index in [4.69, 9.17) is 0 Å². The lowest BCUT2D eigenvalue weighted by Gasteiger charge is -2.23. The van der Waals surface area contributed by atoms with Crippen LogP contribution < -0.4 is 10.6 Å². The van der Waals surface area contributed by atoms with Gasteiger partial charge in [-0.15, -0.1) is 0 Å². The van der Waals surface area contributed by atoms with Gasteiger partial charge in [0.2, 0.25) is 11.8 Å². The molecule has 0 aromatic heterocycles. The third kappa shape index (κ3) is 7.34. The maximum atomic E-state index is 13.1. The molecule has 3 atom stereocenters. The van der Waals surface area contributed by atoms with Crippen molar-refractivity contribution in [1.82, 2.24) is 10.6 Å². The number of methoxy groups -OCH3 is 2. The third-order valence-electron chi connectivity index (χ3n) is 4.04. The summed E-state index contributed by atoms with van der Waals surface area (Å²) < 4.78 is 22.4. The molecule has 0 fully saturated rings. The Morgan fingerprint density at radius 2 is 1.54 bits per heavy atom. The Hall–Kier alpha value is -2.97. The first-order valence-electron chi connectivity index (χ1n) is 8.65. The lowest BCUT2D eigenvalue weighted by molar-refractivity contribution is -0.149. The minimum Gasteiger partial charge on any atom is -0.469 e. The molecule has 154 valence electrons. The van der Waals surface area contributed by atoms with E-state index in [0.29, 0.717) is 5.56 Å². The molecule has 0 saturated carbocycles. The highest BCUT2D eigenvalue weighted by Crippen LogP contribution is 2.11. The molecule has 0 unspecified atom stereocenters. The van der Waals surface area contributed by atoms with Gasteiger partial charge < -0.3 is 20.1 Å². The molecule has 0 heterocycles. The van der Waals surface area contributed by atoms with E-state index < -0.39 is 47.6 Å². The lowest BCUT2D eigenvalue weighted by atomic mass is 10.0. The van der Waals surface area contributed by atoms with Crippen LogP contribution in [0.4, 0.5) is 4.39 Å². The maximum absolute atomic E-state index is 13.1. The minimum absolute atomic E-state index is 0.0333. The topological polar surface area (TPSA) is 111 Å². The first kappa shape index (κ1) is 23.1. The molecule has 1 aromatic rings. The van der Waals surface area contributed by atoms with Crippen molar-refractivity contribution >= 4 is 23.8 Å². The van der Waals surface area contributed by atoms with Gasteiger partial charge in [-0.2, -0.15) is 0 Å². The number of rotatable bonds is 9. The number of hydrogen-bond acceptors (Lipinski definition) is 6. The van der Waals surface area contributed by atoms with Crippen LogP contribution in [0.2, 0.25) is 0 Å². The number of carbonyl (C=O) groups excluding carboxylic acids is 4. The van der Waals surface area contributed by atoms with Crippen molar-refractivity contribution < 1.29 is 33.0 Å². The normalized spacial score (nSPS) is 13.6. The molecule has 28 heavy (non-hydrogen) atoms. The molecule has 0 saturated heterocycles. The quantitative estimate of drug-likeness (QED) is 0.596. The van der Waals surface area contributed by atoms with Gasteiger partial charge in [-0.25, -0.2) is 9.18 Å². The fourth-order valence-corrected chi connectivity index (χ4v) is 2.59. The highest BCUT2D eigenvalue weighted by atomic mass is 19.1. The van der Waals surface area contributed by atoms with Gasteiger partial charge in [0.1, 0.15) is 17.9 Å². The molecule has 2 amide bonds. The number of ether oxygens (including phenoxy) is 2. The minimum atomic E-state index is -1.10. The zero-order valence-electron chi connectivity index (χ0n) is 16.3. The standard InChI is InChI=1S/C19H25FN2O6/c1-11(18(25)27-3)9-16(19(26)28-4)22-17(24)15(21-12(2)23)10-13-5-7-14(20)8-6-13/h5-8,11,15-16H,9-10H2,1-4H3,(H,21,23)(H,22,24)/t11-,15-,16+/m1/s1. The molecule has 0 aliphatic rings. The molecular weight excluding hydrogens is 371 g/mol. The summed E-state index contributed by atoms with van der Waals surface area (Å²) in [5, 5.41) is 5.01. The first-order valence-corrected chi connectivity index (χ1v) is 8.65. The number of halogens is 1. The summed E-state index contributed by atoms with van der Waals surface area (Å²) in [4.78, 5) is 47.8. The van der Waals surface area contributed by atoms with Gasteiger partial charge in [0.25, 0.3) is 0 Å². The van der Waals surface area contributed by atoms with E-state index in [0.717, 1.165) is 7.11 Å². The largest absolute Gasteiger partial charge is 0.469 e. The van der Waals surface area contributed by atoms with E-state index >= 15 is 0 Å². The fourth-order valence-electron chi connectivity index (χ4n) is 2.59. The van der Waals surface area contributed by atoms with Crippen LogP contribution in [0.25, 0.3) is 0 Å². The number of esters is 2. The van der Waals surface area contributed by atoms with E-state index in [1.54, 1.807) is 6.92 Å². The number of carbonyl (C=O) groups is 4. The first-order chi connectivity index (χ1) is 13.2. The van der Waals surface area contributed by atoms with Crippen LogP contribution in [0.15, 0.2) is 24.3 Å². The average Bonchev–Trinajstić information content (AvgIpc) is 2.66. The van der Waals surface area contributed by atoms with Crippen molar-refractivity contribution in [3.05, 3.63) is 35.6 Å². The van der Waals surface area contributed by atoms with Crippen LogP contribution in [-0.2, 0) is 35.1 Å². The molecule has 0 radical (unpaired) electrons. The monoisotopic (exact) mass is 396 g/mol. The summed E-state index contributed by atoms with van der Waals surface area (Å²) in [6.45, 7) is 2.81. The summed E-state index contributed by atoms with van der Waals surface area (Å²) in [7, 11) is 2.38. The molecule has 0 spiro atoms. The van der Waals surface area contributed by atoms with Crippen LogP contribution >= 0.6 is 0 Å². The summed E-state index contributed by atoms with van der Waals surface area (Å²) in [6.07, 6.45) is 0.0561. The van der Waals surface area contributed by atoms with Crippen molar-refractivity contribution in [2.24, 2.45) is 5.92 Å². The second-order valence-corrected chi connectivity index (χ2v) is 6.33. The molecule has 1 aromatic carbocycles. The summed E-state index contributed by atoms with van der Waals surface area (Å²) in [5.74, 6) is -3.43. The SMILES string of the molecule is COC(=O)[C@H](C)C[C@H](NC(=O)[C@@H](Cc1ccc(F)cc1)NC(C)=O)C(=O)OC. The lowest BCUT2D eigenvalue weighted by Crippen LogP contribution is -2.53. The summed E-state index contributed by atoms with van der Waals surface area (Å²) in [5.41, 5.74) is 0.618. The van der Waals surface area contributed by atoms with E-state index in [1.165, 1.54) is 38.3 Å². The number of nitrogens with one attached hydrogen (secondary N) is 2. The van der Waals surface area contributed by atoms with Crippen LogP contribution in [0, 0.1) is 11.7 Å². The average molecular weight is 396 g/mol. The Bertz CT molecular complexity index is 707. The van der Waals surface area contributed by atoms with Gasteiger partial charge in [-0.1, -0.05) is 19.1 Å². The Labute approximate surface area is 162 Å². The predicted molar refractivity (Wildman–Crippen MR) is 97.5 cm³/mol. The third-order valence-corrected chi connectivity index (χ3v) is 4.04. The molecule has 8 nitrogen and oxygen atoms in total. The molecule has 1 rings (SSSR count). The number of hydrogen-bond donors (Lipinski definition) is 2. The number of amides is 2. The highest BCUT2D eigenvalue weighted by molar-refractivity contribution is 5.90. The van der Waals surface area contributed by atoms with Crippen LogP contribution in [0.5, 0.6) is 0 Å². The van der Waals surface area contributed by atoms with Crippen LogP contribution in [0.1, 0.15) is 25.8 Å². The van der Waals surface area contributed by atoms with Crippen molar-refractivity contribution in [1.29, 1.82) is 0 Å². The number of benzene rings is 1. The molecule has 0 aliphatic heterocycles. The molecular formula is C19H25FN2O6. The van der Waals surface area contributed by atoms with E-state index in [2.05, 4.69) is 20.1 Å². The second-order valence-electron chi connectivity index (χ2n) is 6.33. The van der Waals surface area contributed by atoms with Gasteiger partial charge in [0.05, 0.1) is 20.1 Å². The predicted octanol–water partition coefficient (Wildman–Crippen LogP) is 0.730. The van der Waals surface area contributed by atoms with Gasteiger partial charge in [-0.05, 0) is 24.1 Å². The fraction of sp³-hybridized carbons (Fsp3) is 0.474. The molecule has 0 aliphatic carbocycles. The smallest absolute Gasteiger partial charge is 0.328 e. The summed E-state index contributed by atoms with van der Waals surface area (Å²) in [6, 6.07) is 3.38. The Kier molecular flexibility index (Phi) is 9.07. The van der Waals surface area contributed by atoms with Gasteiger partial charge in [-0.3, -0.25) is 14.4 Å². The second kappa shape index (κ2) is 11.0. The Morgan fingerprint density at radius 3 is 2.04 bits per heavy atom. The van der Waals surface area contributed by atoms with Gasteiger partial charge in [0, 0.05) is 13.3 Å². The van der Waals surface area contributed by atoms with Crippen molar-refractivity contribution in [3.63, 3.8) is 0 Å². The van der Waals surface area contributed by atoms with Crippen LogP contribution in [-0.4, -0.2) is 50.1 Å². The zero-order valence-corrected chi connectivity index (χ0v) is 16.3. The van der Waals surface area contributed by atoms with Crippen molar-refractivity contribution in [2.45, 2.75) is 38.8 Å². The Morgan fingerprint density at radius 1 is 0.964 bits per heavy atom. The van der Waals surface area contributed by atoms with Crippen molar-refractivity contribution in [2.75, 3.05) is 14.2 Å². The zero-order chi connectivity index (χ0) is 21.3. The van der Waals surface area contributed by atoms with Gasteiger partial charge >= 0.3 is 11.9 Å². The van der Waals surface area contributed by atoms with Gasteiger partial charge in [0.15, 0.2) is 0 Å². The summed E-state index contributed by atoms with van der Waals surface area (Å²) >= 11 is 0. The Balaban J connectivity index is 2.93. The van der Waals surface area contributed by atoms with Crippen LogP contribution in [0.3, 0.4) is 0 Å². The van der Waals surface area contributed by atoms with Crippen molar-refractivity contribution in [3.8, 4) is 0 Å². The van der Waals surface area contributed by atoms with E-state index in [-0.39, 0.29) is 12.8 Å².